The number of benzene rings is 2. The molecule has 4 nitrogen and oxygen atoms in total. The van der Waals surface area contributed by atoms with Gasteiger partial charge in [-0.2, -0.15) is 0 Å². The quantitative estimate of drug-likeness (QED) is 0.295. The predicted molar refractivity (Wildman–Crippen MR) is 116 cm³/mol. The molecular weight excluding hydrogens is 380 g/mol. The zero-order valence-electron chi connectivity index (χ0n) is 16.2. The Hall–Kier alpha value is -3.31. The molecule has 5 heteroatoms. The van der Waals surface area contributed by atoms with E-state index >= 15 is 0 Å². The Morgan fingerprint density at radius 2 is 1.86 bits per heavy atom. The van der Waals surface area contributed by atoms with Crippen LogP contribution in [-0.2, 0) is 0 Å². The summed E-state index contributed by atoms with van der Waals surface area (Å²) in [7, 11) is 0. The molecule has 29 heavy (non-hydrogen) atoms. The summed E-state index contributed by atoms with van der Waals surface area (Å²) >= 11 is 1.59. The van der Waals surface area contributed by atoms with Crippen LogP contribution in [0.25, 0.3) is 21.8 Å². The largest absolute Gasteiger partial charge is 0.423 e. The van der Waals surface area contributed by atoms with Gasteiger partial charge >= 0.3 is 5.97 Å². The summed E-state index contributed by atoms with van der Waals surface area (Å²) in [6.45, 7) is 4.33. The Bertz CT molecular complexity index is 1140. The normalized spacial score (nSPS) is 10.9. The number of aromatic nitrogens is 2. The Labute approximate surface area is 173 Å². The van der Waals surface area contributed by atoms with Gasteiger partial charge in [0.15, 0.2) is 0 Å². The maximum atomic E-state index is 12.3. The van der Waals surface area contributed by atoms with Crippen LogP contribution in [-0.4, -0.2) is 15.9 Å². The van der Waals surface area contributed by atoms with Crippen molar-refractivity contribution in [1.29, 1.82) is 0 Å². The number of carbonyl (C=O) groups excluding carboxylic acids is 1. The Morgan fingerprint density at radius 3 is 2.66 bits per heavy atom. The number of ether oxygens (including phenoxy) is 1. The Kier molecular flexibility index (Phi) is 5.49. The molecule has 0 unspecified atom stereocenters. The fraction of sp³-hybridized carbons (Fsp3) is 0.125. The average Bonchev–Trinajstić information content (AvgIpc) is 3.25. The second-order valence-corrected chi connectivity index (χ2v) is 7.80. The number of esters is 1. The van der Waals surface area contributed by atoms with Crippen molar-refractivity contribution in [3.8, 4) is 27.6 Å². The van der Waals surface area contributed by atoms with Crippen molar-refractivity contribution in [3.63, 3.8) is 0 Å². The van der Waals surface area contributed by atoms with Gasteiger partial charge in [0.25, 0.3) is 0 Å². The van der Waals surface area contributed by atoms with Gasteiger partial charge in [0, 0.05) is 28.9 Å². The second-order valence-electron chi connectivity index (χ2n) is 6.94. The highest BCUT2D eigenvalue weighted by atomic mass is 32.1. The van der Waals surface area contributed by atoms with Gasteiger partial charge in [-0.25, -0.2) is 9.78 Å². The highest BCUT2D eigenvalue weighted by molar-refractivity contribution is 7.13. The van der Waals surface area contributed by atoms with E-state index in [1.165, 1.54) is 5.56 Å². The fourth-order valence-corrected chi connectivity index (χ4v) is 3.94. The minimum Gasteiger partial charge on any atom is -0.423 e. The lowest BCUT2D eigenvalue weighted by molar-refractivity contribution is 0.0735. The first kappa shape index (κ1) is 19.0. The van der Waals surface area contributed by atoms with Crippen molar-refractivity contribution in [2.24, 2.45) is 0 Å². The molecule has 0 saturated carbocycles. The van der Waals surface area contributed by atoms with Gasteiger partial charge in [-0.05, 0) is 41.8 Å². The summed E-state index contributed by atoms with van der Waals surface area (Å²) in [5.41, 5.74) is 4.56. The maximum Gasteiger partial charge on any atom is 0.343 e. The van der Waals surface area contributed by atoms with Gasteiger partial charge in [0.2, 0.25) is 0 Å². The zero-order chi connectivity index (χ0) is 20.2. The van der Waals surface area contributed by atoms with Gasteiger partial charge in [0.1, 0.15) is 10.8 Å². The van der Waals surface area contributed by atoms with Crippen molar-refractivity contribution in [2.45, 2.75) is 19.8 Å². The summed E-state index contributed by atoms with van der Waals surface area (Å²) in [6.07, 6.45) is 3.69. The third-order valence-electron chi connectivity index (χ3n) is 4.56. The van der Waals surface area contributed by atoms with Gasteiger partial charge < -0.3 is 4.74 Å². The van der Waals surface area contributed by atoms with Crippen molar-refractivity contribution < 1.29 is 9.53 Å². The number of rotatable bonds is 5. The number of thiazole rings is 1. The molecule has 0 aliphatic rings. The molecule has 0 bridgehead atoms. The summed E-state index contributed by atoms with van der Waals surface area (Å²) < 4.78 is 5.53. The molecule has 2 heterocycles. The second kappa shape index (κ2) is 8.37. The van der Waals surface area contributed by atoms with Crippen LogP contribution in [0.5, 0.6) is 5.75 Å². The number of hydrogen-bond acceptors (Lipinski definition) is 5. The van der Waals surface area contributed by atoms with E-state index in [1.807, 2.05) is 60.2 Å². The van der Waals surface area contributed by atoms with E-state index in [-0.39, 0.29) is 5.97 Å². The summed E-state index contributed by atoms with van der Waals surface area (Å²) in [5.74, 6) is 0.509. The average molecular weight is 401 g/mol. The van der Waals surface area contributed by atoms with E-state index in [1.54, 1.807) is 29.5 Å². The number of hydrogen-bond donors (Lipinski definition) is 0. The van der Waals surface area contributed by atoms with E-state index < -0.39 is 0 Å². The molecule has 0 N–H and O–H groups in total. The van der Waals surface area contributed by atoms with Crippen LogP contribution in [0.3, 0.4) is 0 Å². The molecule has 4 aromatic rings. The smallest absolute Gasteiger partial charge is 0.343 e. The summed E-state index contributed by atoms with van der Waals surface area (Å²) in [5, 5.41) is 2.95. The first-order chi connectivity index (χ1) is 14.1. The first-order valence-electron chi connectivity index (χ1n) is 9.39. The molecule has 2 aromatic carbocycles. The minimum atomic E-state index is -0.376. The molecule has 0 aliphatic carbocycles. The highest BCUT2D eigenvalue weighted by Gasteiger charge is 2.14. The molecular formula is C24H20N2O2S. The van der Waals surface area contributed by atoms with Crippen molar-refractivity contribution >= 4 is 17.3 Å². The van der Waals surface area contributed by atoms with Crippen molar-refractivity contribution in [2.75, 3.05) is 0 Å². The molecule has 2 aromatic heterocycles. The lowest BCUT2D eigenvalue weighted by Gasteiger charge is -2.09. The maximum absolute atomic E-state index is 12.3. The monoisotopic (exact) mass is 400 g/mol. The van der Waals surface area contributed by atoms with E-state index in [2.05, 4.69) is 18.8 Å². The predicted octanol–water partition coefficient (Wildman–Crippen LogP) is 6.21. The summed E-state index contributed by atoms with van der Waals surface area (Å²) in [4.78, 5) is 21.4. The van der Waals surface area contributed by atoms with Gasteiger partial charge in [-0.3, -0.25) is 4.98 Å². The Morgan fingerprint density at radius 1 is 1.03 bits per heavy atom. The fourth-order valence-electron chi connectivity index (χ4n) is 3.08. The van der Waals surface area contributed by atoms with Crippen LogP contribution in [0.2, 0.25) is 0 Å². The lowest BCUT2D eigenvalue weighted by Crippen LogP contribution is -2.08. The van der Waals surface area contributed by atoms with Crippen LogP contribution in [0, 0.1) is 0 Å². The molecule has 144 valence electrons. The van der Waals surface area contributed by atoms with Gasteiger partial charge in [-0.1, -0.05) is 44.2 Å². The molecule has 0 spiro atoms. The first-order valence-corrected chi connectivity index (χ1v) is 10.3. The topological polar surface area (TPSA) is 52.1 Å². The van der Waals surface area contributed by atoms with Crippen LogP contribution in [0.4, 0.5) is 0 Å². The molecule has 0 amide bonds. The zero-order valence-corrected chi connectivity index (χ0v) is 17.0. The van der Waals surface area contributed by atoms with E-state index in [4.69, 9.17) is 9.72 Å². The molecule has 0 radical (unpaired) electrons. The lowest BCUT2D eigenvalue weighted by atomic mass is 10.00. The molecule has 0 fully saturated rings. The Balaban J connectivity index is 1.59. The molecule has 0 atom stereocenters. The standard InChI is InChI=1S/C24H20N2O2S/c1-16(2)20-11-12-25-14-21(20)23-26-22(15-29-23)18-9-6-10-19(13-18)28-24(27)17-7-4-3-5-8-17/h3-16H,1-2H3. The number of carbonyl (C=O) groups is 1. The van der Waals surface area contributed by atoms with Gasteiger partial charge in [0.05, 0.1) is 11.3 Å². The van der Waals surface area contributed by atoms with E-state index in [0.29, 0.717) is 17.2 Å². The molecule has 4 rings (SSSR count). The van der Waals surface area contributed by atoms with Crippen LogP contribution >= 0.6 is 11.3 Å². The SMILES string of the molecule is CC(C)c1ccncc1-c1nc(-c2cccc(OC(=O)c3ccccc3)c2)cs1. The number of nitrogens with zero attached hydrogens (tertiary/aromatic N) is 2. The van der Waals surface area contributed by atoms with Gasteiger partial charge in [-0.15, -0.1) is 11.3 Å². The minimum absolute atomic E-state index is 0.376. The summed E-state index contributed by atoms with van der Waals surface area (Å²) in [6, 6.07) is 18.5. The molecule has 0 saturated heterocycles. The van der Waals surface area contributed by atoms with Crippen LogP contribution in [0.1, 0.15) is 35.7 Å². The van der Waals surface area contributed by atoms with E-state index in [9.17, 15) is 4.79 Å². The molecule has 0 aliphatic heterocycles. The third kappa shape index (κ3) is 4.25. The highest BCUT2D eigenvalue weighted by Crippen LogP contribution is 2.34. The van der Waals surface area contributed by atoms with Crippen molar-refractivity contribution in [3.05, 3.63) is 89.6 Å². The van der Waals surface area contributed by atoms with Crippen molar-refractivity contribution in [1.82, 2.24) is 9.97 Å². The number of pyridine rings is 1. The van der Waals surface area contributed by atoms with Crippen LogP contribution < -0.4 is 4.74 Å². The van der Waals surface area contributed by atoms with Crippen LogP contribution in [0.15, 0.2) is 78.4 Å². The third-order valence-corrected chi connectivity index (χ3v) is 5.44. The van der Waals surface area contributed by atoms with E-state index in [0.717, 1.165) is 21.8 Å².